The third kappa shape index (κ3) is 4.14. The van der Waals surface area contributed by atoms with Gasteiger partial charge in [-0.1, -0.05) is 66.7 Å². The molecule has 0 saturated carbocycles. The lowest BCUT2D eigenvalue weighted by Crippen LogP contribution is -2.42. The second-order valence-corrected chi connectivity index (χ2v) is 7.42. The zero-order valence-corrected chi connectivity index (χ0v) is 16.7. The van der Waals surface area contributed by atoms with E-state index < -0.39 is 36.1 Å². The summed E-state index contributed by atoms with van der Waals surface area (Å²) in [4.78, 5) is 25.1. The molecular weight excluding hydrogens is 419 g/mol. The van der Waals surface area contributed by atoms with E-state index in [9.17, 15) is 27.9 Å². The van der Waals surface area contributed by atoms with Crippen molar-refractivity contribution in [3.05, 3.63) is 95.6 Å². The van der Waals surface area contributed by atoms with Crippen LogP contribution in [-0.4, -0.2) is 23.0 Å². The fourth-order valence-corrected chi connectivity index (χ4v) is 3.88. The molecule has 7 heteroatoms. The van der Waals surface area contributed by atoms with Gasteiger partial charge in [0, 0.05) is 6.42 Å². The lowest BCUT2D eigenvalue weighted by molar-refractivity contribution is -0.141. The van der Waals surface area contributed by atoms with Crippen molar-refractivity contribution in [1.82, 2.24) is 5.32 Å². The van der Waals surface area contributed by atoms with Crippen molar-refractivity contribution >= 4 is 33.4 Å². The van der Waals surface area contributed by atoms with Gasteiger partial charge in [-0.2, -0.15) is 13.2 Å². The Morgan fingerprint density at radius 2 is 1.38 bits per heavy atom. The number of carboxylic acid groups (broad SMARTS) is 1. The molecule has 0 spiro atoms. The van der Waals surface area contributed by atoms with Crippen molar-refractivity contribution in [2.75, 3.05) is 0 Å². The Balaban J connectivity index is 1.74. The molecule has 0 saturated heterocycles. The molecule has 0 fully saturated rings. The average molecular weight is 437 g/mol. The number of benzene rings is 4. The van der Waals surface area contributed by atoms with E-state index in [2.05, 4.69) is 5.32 Å². The van der Waals surface area contributed by atoms with Gasteiger partial charge in [-0.3, -0.25) is 4.79 Å². The van der Waals surface area contributed by atoms with Crippen molar-refractivity contribution in [2.45, 2.75) is 18.6 Å². The Morgan fingerprint density at radius 3 is 1.94 bits per heavy atom. The van der Waals surface area contributed by atoms with Crippen LogP contribution >= 0.6 is 0 Å². The highest BCUT2D eigenvalue weighted by Gasteiger charge is 2.34. The maximum atomic E-state index is 13.3. The summed E-state index contributed by atoms with van der Waals surface area (Å²) in [5.41, 5.74) is -0.833. The molecule has 162 valence electrons. The highest BCUT2D eigenvalue weighted by molar-refractivity contribution is 6.18. The van der Waals surface area contributed by atoms with Gasteiger partial charge in [0.05, 0.1) is 11.1 Å². The molecule has 2 N–H and O–H groups in total. The van der Waals surface area contributed by atoms with Crippen LogP contribution in [0.2, 0.25) is 0 Å². The number of hydrogen-bond donors (Lipinski definition) is 2. The molecule has 4 nitrogen and oxygen atoms in total. The number of rotatable bonds is 5. The van der Waals surface area contributed by atoms with E-state index in [0.29, 0.717) is 10.8 Å². The monoisotopic (exact) mass is 437 g/mol. The van der Waals surface area contributed by atoms with Crippen LogP contribution in [0.4, 0.5) is 13.2 Å². The number of nitrogens with one attached hydrogen (secondary N) is 1. The zero-order valence-electron chi connectivity index (χ0n) is 16.7. The number of amides is 1. The Hall–Kier alpha value is -3.87. The van der Waals surface area contributed by atoms with Crippen molar-refractivity contribution in [3.8, 4) is 0 Å². The van der Waals surface area contributed by atoms with E-state index >= 15 is 0 Å². The molecule has 4 rings (SSSR count). The number of carbonyl (C=O) groups excluding carboxylic acids is 1. The Bertz CT molecular complexity index is 1280. The summed E-state index contributed by atoms with van der Waals surface area (Å²) in [6.07, 6.45) is -5.13. The highest BCUT2D eigenvalue weighted by Crippen LogP contribution is 2.33. The van der Waals surface area contributed by atoms with E-state index in [1.54, 1.807) is 24.3 Å². The molecule has 1 amide bonds. The number of alkyl halides is 3. The van der Waals surface area contributed by atoms with E-state index in [1.165, 1.54) is 18.2 Å². The summed E-state index contributed by atoms with van der Waals surface area (Å²) in [6.45, 7) is 0. The minimum Gasteiger partial charge on any atom is -0.480 e. The van der Waals surface area contributed by atoms with E-state index in [0.717, 1.165) is 16.8 Å². The van der Waals surface area contributed by atoms with Crippen LogP contribution in [0.15, 0.2) is 78.9 Å². The summed E-state index contributed by atoms with van der Waals surface area (Å²) >= 11 is 0. The van der Waals surface area contributed by atoms with Crippen LogP contribution in [0.1, 0.15) is 21.5 Å². The second kappa shape index (κ2) is 8.34. The largest absolute Gasteiger partial charge is 0.480 e. The van der Waals surface area contributed by atoms with Crippen molar-refractivity contribution < 1.29 is 27.9 Å². The predicted octanol–water partition coefficient (Wildman–Crippen LogP) is 5.44. The average Bonchev–Trinajstić information content (AvgIpc) is 2.76. The topological polar surface area (TPSA) is 66.4 Å². The number of aliphatic carboxylic acids is 1. The van der Waals surface area contributed by atoms with Gasteiger partial charge in [-0.15, -0.1) is 0 Å². The van der Waals surface area contributed by atoms with Gasteiger partial charge in [0.25, 0.3) is 5.91 Å². The molecule has 0 unspecified atom stereocenters. The minimum atomic E-state index is -4.63. The summed E-state index contributed by atoms with van der Waals surface area (Å²) in [6, 6.07) is 19.5. The number of carbonyl (C=O) groups is 2. The fourth-order valence-electron chi connectivity index (χ4n) is 3.88. The lowest BCUT2D eigenvalue weighted by Gasteiger charge is -2.19. The molecule has 0 aliphatic rings. The molecule has 0 aliphatic carbocycles. The Kier molecular flexibility index (Phi) is 5.57. The third-order valence-electron chi connectivity index (χ3n) is 5.35. The van der Waals surface area contributed by atoms with Crippen LogP contribution in [0.3, 0.4) is 0 Å². The first-order chi connectivity index (χ1) is 15.3. The van der Waals surface area contributed by atoms with Gasteiger partial charge in [-0.05, 0) is 39.2 Å². The van der Waals surface area contributed by atoms with Gasteiger partial charge < -0.3 is 10.4 Å². The maximum absolute atomic E-state index is 13.3. The van der Waals surface area contributed by atoms with Gasteiger partial charge in [0.1, 0.15) is 6.04 Å². The van der Waals surface area contributed by atoms with Crippen molar-refractivity contribution in [3.63, 3.8) is 0 Å². The minimum absolute atomic E-state index is 0.199. The van der Waals surface area contributed by atoms with Gasteiger partial charge in [0.2, 0.25) is 0 Å². The molecule has 0 heterocycles. The maximum Gasteiger partial charge on any atom is 0.416 e. The van der Waals surface area contributed by atoms with E-state index in [4.69, 9.17) is 0 Å². The molecule has 4 aromatic rings. The summed E-state index contributed by atoms with van der Waals surface area (Å²) in [5.74, 6) is -2.07. The predicted molar refractivity (Wildman–Crippen MR) is 115 cm³/mol. The van der Waals surface area contributed by atoms with Gasteiger partial charge in [-0.25, -0.2) is 4.79 Å². The highest BCUT2D eigenvalue weighted by atomic mass is 19.4. The quantitative estimate of drug-likeness (QED) is 0.409. The molecule has 0 bridgehead atoms. The third-order valence-corrected chi connectivity index (χ3v) is 5.35. The first-order valence-corrected chi connectivity index (χ1v) is 9.85. The summed E-state index contributed by atoms with van der Waals surface area (Å²) in [7, 11) is 0. The second-order valence-electron chi connectivity index (χ2n) is 7.42. The standard InChI is InChI=1S/C25H18F3NO3/c26-25(27,28)20-12-6-3-9-17(20)14-21(24(31)32)29-23(30)22-18-10-4-1-7-15(18)13-16-8-2-5-11-19(16)22/h1-13,21H,14H2,(H,29,30)(H,31,32)/t21-/m1/s1. The van der Waals surface area contributed by atoms with Crippen molar-refractivity contribution in [2.24, 2.45) is 0 Å². The normalized spacial score (nSPS) is 12.6. The lowest BCUT2D eigenvalue weighted by atomic mass is 9.95. The van der Waals surface area contributed by atoms with Gasteiger partial charge in [0.15, 0.2) is 0 Å². The van der Waals surface area contributed by atoms with E-state index in [-0.39, 0.29) is 11.1 Å². The molecule has 0 radical (unpaired) electrons. The SMILES string of the molecule is O=C(N[C@H](Cc1ccccc1C(F)(F)F)C(=O)O)c1c2ccccc2cc2ccccc12. The van der Waals surface area contributed by atoms with E-state index in [1.807, 2.05) is 30.3 Å². The molecule has 4 aromatic carbocycles. The number of fused-ring (bicyclic) bond motifs is 2. The molecular formula is C25H18F3NO3. The van der Waals surface area contributed by atoms with Crippen LogP contribution in [0, 0.1) is 0 Å². The van der Waals surface area contributed by atoms with Crippen molar-refractivity contribution in [1.29, 1.82) is 0 Å². The number of carboxylic acids is 1. The fraction of sp³-hybridized carbons (Fsp3) is 0.120. The summed E-state index contributed by atoms with van der Waals surface area (Å²) in [5, 5.41) is 14.9. The first kappa shape index (κ1) is 21.4. The van der Waals surface area contributed by atoms with Crippen LogP contribution < -0.4 is 5.32 Å². The van der Waals surface area contributed by atoms with Crippen LogP contribution in [0.25, 0.3) is 21.5 Å². The molecule has 0 aliphatic heterocycles. The van der Waals surface area contributed by atoms with Gasteiger partial charge >= 0.3 is 12.1 Å². The number of halogens is 3. The first-order valence-electron chi connectivity index (χ1n) is 9.85. The summed E-state index contributed by atoms with van der Waals surface area (Å²) < 4.78 is 40.0. The number of hydrogen-bond acceptors (Lipinski definition) is 2. The molecule has 32 heavy (non-hydrogen) atoms. The molecule has 1 atom stereocenters. The zero-order chi connectivity index (χ0) is 22.9. The van der Waals surface area contributed by atoms with Crippen LogP contribution in [0.5, 0.6) is 0 Å². The molecule has 0 aromatic heterocycles. The Morgan fingerprint density at radius 1 is 0.844 bits per heavy atom. The van der Waals surface area contributed by atoms with Crippen LogP contribution in [-0.2, 0) is 17.4 Å². The smallest absolute Gasteiger partial charge is 0.416 e. The Labute approximate surface area is 181 Å².